The van der Waals surface area contributed by atoms with Gasteiger partial charge in [-0.1, -0.05) is 29.8 Å². The Morgan fingerprint density at radius 3 is 2.52 bits per heavy atom. The van der Waals surface area contributed by atoms with Gasteiger partial charge in [0, 0.05) is 16.4 Å². The number of aryl methyl sites for hydroxylation is 2. The number of aromatic nitrogens is 2. The van der Waals surface area contributed by atoms with Crippen LogP contribution in [0.4, 0.5) is 5.69 Å². The zero-order valence-electron chi connectivity index (χ0n) is 13.9. The topological polar surface area (TPSA) is 64.0 Å². The predicted molar refractivity (Wildman–Crippen MR) is 99.5 cm³/mol. The van der Waals surface area contributed by atoms with Crippen molar-refractivity contribution in [3.05, 3.63) is 76.6 Å². The summed E-state index contributed by atoms with van der Waals surface area (Å²) in [5.74, 6) is 0. The number of sulfonamides is 1. The van der Waals surface area contributed by atoms with Gasteiger partial charge >= 0.3 is 0 Å². The minimum Gasteiger partial charge on any atom is -0.280 e. The van der Waals surface area contributed by atoms with Gasteiger partial charge in [-0.25, -0.2) is 8.42 Å². The highest BCUT2D eigenvalue weighted by molar-refractivity contribution is 7.92. The minimum absolute atomic E-state index is 0.129. The van der Waals surface area contributed by atoms with Crippen LogP contribution in [0, 0.1) is 13.8 Å². The van der Waals surface area contributed by atoms with Crippen LogP contribution in [-0.2, 0) is 16.6 Å². The molecule has 0 aliphatic rings. The van der Waals surface area contributed by atoms with Crippen molar-refractivity contribution < 1.29 is 8.42 Å². The fourth-order valence-corrected chi connectivity index (χ4v) is 3.94. The van der Waals surface area contributed by atoms with Crippen molar-refractivity contribution in [2.75, 3.05) is 4.72 Å². The molecule has 0 bridgehead atoms. The van der Waals surface area contributed by atoms with E-state index in [2.05, 4.69) is 9.82 Å². The number of benzene rings is 2. The van der Waals surface area contributed by atoms with Gasteiger partial charge < -0.3 is 0 Å². The molecule has 7 heteroatoms. The Balaban J connectivity index is 1.83. The maximum Gasteiger partial charge on any atom is 0.261 e. The van der Waals surface area contributed by atoms with Crippen LogP contribution in [-0.4, -0.2) is 18.2 Å². The summed E-state index contributed by atoms with van der Waals surface area (Å²) in [6.45, 7) is 4.51. The normalized spacial score (nSPS) is 11.5. The molecule has 5 nitrogen and oxygen atoms in total. The van der Waals surface area contributed by atoms with Gasteiger partial charge in [0.15, 0.2) is 0 Å². The van der Waals surface area contributed by atoms with Crippen molar-refractivity contribution in [3.63, 3.8) is 0 Å². The Morgan fingerprint density at radius 1 is 1.08 bits per heavy atom. The van der Waals surface area contributed by atoms with E-state index in [0.29, 0.717) is 17.3 Å². The summed E-state index contributed by atoms with van der Waals surface area (Å²) < 4.78 is 29.5. The average Bonchev–Trinajstić information content (AvgIpc) is 2.85. The lowest BCUT2D eigenvalue weighted by molar-refractivity contribution is 0.601. The summed E-state index contributed by atoms with van der Waals surface area (Å²) >= 11 is 5.88. The highest BCUT2D eigenvalue weighted by atomic mass is 35.5. The molecule has 130 valence electrons. The van der Waals surface area contributed by atoms with E-state index in [9.17, 15) is 8.42 Å². The quantitative estimate of drug-likeness (QED) is 0.733. The molecule has 0 unspecified atom stereocenters. The molecule has 0 aliphatic carbocycles. The van der Waals surface area contributed by atoms with Gasteiger partial charge in [0.25, 0.3) is 10.0 Å². The molecule has 2 aromatic carbocycles. The van der Waals surface area contributed by atoms with Crippen LogP contribution in [0.15, 0.2) is 59.5 Å². The molecule has 25 heavy (non-hydrogen) atoms. The highest BCUT2D eigenvalue weighted by Crippen LogP contribution is 2.20. The summed E-state index contributed by atoms with van der Waals surface area (Å²) in [4.78, 5) is 0.129. The maximum absolute atomic E-state index is 12.5. The van der Waals surface area contributed by atoms with E-state index in [1.165, 1.54) is 12.1 Å². The first-order chi connectivity index (χ1) is 11.8. The molecule has 0 aliphatic heterocycles. The fraction of sp³-hybridized carbons (Fsp3) is 0.167. The van der Waals surface area contributed by atoms with Crippen LogP contribution in [0.3, 0.4) is 0 Å². The molecule has 1 heterocycles. The number of anilines is 1. The molecular weight excluding hydrogens is 358 g/mol. The number of rotatable bonds is 5. The van der Waals surface area contributed by atoms with Crippen molar-refractivity contribution in [1.29, 1.82) is 0 Å². The van der Waals surface area contributed by atoms with Crippen LogP contribution in [0.1, 0.15) is 17.0 Å². The first-order valence-electron chi connectivity index (χ1n) is 7.72. The number of nitrogens with one attached hydrogen (secondary N) is 1. The molecule has 3 rings (SSSR count). The van der Waals surface area contributed by atoms with E-state index in [0.717, 1.165) is 17.0 Å². The molecule has 0 saturated carbocycles. The fourth-order valence-electron chi connectivity index (χ4n) is 2.59. The third-order valence-electron chi connectivity index (χ3n) is 3.72. The summed E-state index contributed by atoms with van der Waals surface area (Å²) in [6.07, 6.45) is 0. The van der Waals surface area contributed by atoms with Crippen molar-refractivity contribution >= 4 is 27.3 Å². The summed E-state index contributed by atoms with van der Waals surface area (Å²) in [6, 6.07) is 15.4. The monoisotopic (exact) mass is 375 g/mol. The first kappa shape index (κ1) is 17.5. The van der Waals surface area contributed by atoms with Crippen molar-refractivity contribution in [2.45, 2.75) is 25.3 Å². The standard InChI is InChI=1S/C18H18ClN3O2S/c1-13-9-14(2)22(20-13)12-15-5-3-7-17(10-15)21-25(23,24)18-8-4-6-16(19)11-18/h3-11,21H,12H2,1-2H3. The molecule has 1 N–H and O–H groups in total. The Kier molecular flexibility index (Phi) is 4.83. The van der Waals surface area contributed by atoms with Gasteiger partial charge in [-0.15, -0.1) is 0 Å². The number of nitrogens with zero attached hydrogens (tertiary/aromatic N) is 2. The predicted octanol–water partition coefficient (Wildman–Crippen LogP) is 4.00. The van der Waals surface area contributed by atoms with Gasteiger partial charge in [-0.2, -0.15) is 5.10 Å². The second-order valence-electron chi connectivity index (χ2n) is 5.85. The third kappa shape index (κ3) is 4.21. The van der Waals surface area contributed by atoms with Crippen LogP contribution in [0.2, 0.25) is 5.02 Å². The van der Waals surface area contributed by atoms with E-state index in [-0.39, 0.29) is 4.90 Å². The van der Waals surface area contributed by atoms with E-state index < -0.39 is 10.0 Å². The smallest absolute Gasteiger partial charge is 0.261 e. The van der Waals surface area contributed by atoms with Crippen LogP contribution >= 0.6 is 11.6 Å². The maximum atomic E-state index is 12.5. The Bertz CT molecular complexity index is 1010. The van der Waals surface area contributed by atoms with Gasteiger partial charge in [-0.05, 0) is 55.8 Å². The van der Waals surface area contributed by atoms with Crippen LogP contribution in [0.5, 0.6) is 0 Å². The van der Waals surface area contributed by atoms with Crippen molar-refractivity contribution in [1.82, 2.24) is 9.78 Å². The largest absolute Gasteiger partial charge is 0.280 e. The lowest BCUT2D eigenvalue weighted by Gasteiger charge is -2.10. The van der Waals surface area contributed by atoms with Crippen molar-refractivity contribution in [3.8, 4) is 0 Å². The summed E-state index contributed by atoms with van der Waals surface area (Å²) in [5.41, 5.74) is 3.47. The van der Waals surface area contributed by atoms with Crippen molar-refractivity contribution in [2.24, 2.45) is 0 Å². The zero-order chi connectivity index (χ0) is 18.0. The Morgan fingerprint density at radius 2 is 1.84 bits per heavy atom. The molecule has 0 radical (unpaired) electrons. The average molecular weight is 376 g/mol. The molecular formula is C18H18ClN3O2S. The molecule has 0 spiro atoms. The summed E-state index contributed by atoms with van der Waals surface area (Å²) in [7, 11) is -3.69. The number of hydrogen-bond donors (Lipinski definition) is 1. The van der Waals surface area contributed by atoms with Gasteiger partial charge in [-0.3, -0.25) is 9.40 Å². The number of halogens is 1. The highest BCUT2D eigenvalue weighted by Gasteiger charge is 2.14. The molecule has 1 aromatic heterocycles. The van der Waals surface area contributed by atoms with E-state index >= 15 is 0 Å². The van der Waals surface area contributed by atoms with Gasteiger partial charge in [0.1, 0.15) is 0 Å². The SMILES string of the molecule is Cc1cc(C)n(Cc2cccc(NS(=O)(=O)c3cccc(Cl)c3)c2)n1. The van der Waals surface area contributed by atoms with Gasteiger partial charge in [0.2, 0.25) is 0 Å². The second-order valence-corrected chi connectivity index (χ2v) is 7.97. The first-order valence-corrected chi connectivity index (χ1v) is 9.58. The Labute approximate surface area is 152 Å². The Hall–Kier alpha value is -2.31. The molecule has 0 atom stereocenters. The zero-order valence-corrected chi connectivity index (χ0v) is 15.5. The van der Waals surface area contributed by atoms with Gasteiger partial charge in [0.05, 0.1) is 17.1 Å². The summed E-state index contributed by atoms with van der Waals surface area (Å²) in [5, 5.41) is 4.81. The molecule has 0 amide bonds. The van der Waals surface area contributed by atoms with Crippen LogP contribution in [0.25, 0.3) is 0 Å². The third-order valence-corrected chi connectivity index (χ3v) is 5.34. The van der Waals surface area contributed by atoms with Crippen LogP contribution < -0.4 is 4.72 Å². The molecule has 0 saturated heterocycles. The molecule has 0 fully saturated rings. The lowest BCUT2D eigenvalue weighted by Crippen LogP contribution is -2.13. The lowest BCUT2D eigenvalue weighted by atomic mass is 10.2. The number of hydrogen-bond acceptors (Lipinski definition) is 3. The van der Waals surface area contributed by atoms with E-state index in [1.54, 1.807) is 24.3 Å². The van der Waals surface area contributed by atoms with E-state index in [4.69, 9.17) is 11.6 Å². The van der Waals surface area contributed by atoms with E-state index in [1.807, 2.05) is 36.7 Å². The second kappa shape index (κ2) is 6.90. The molecule has 3 aromatic rings. The minimum atomic E-state index is -3.69.